The van der Waals surface area contributed by atoms with Crippen molar-refractivity contribution in [2.75, 3.05) is 31.7 Å². The Bertz CT molecular complexity index is 433. The summed E-state index contributed by atoms with van der Waals surface area (Å²) in [7, 11) is 1.38. The summed E-state index contributed by atoms with van der Waals surface area (Å²) >= 11 is 0. The predicted molar refractivity (Wildman–Crippen MR) is 73.5 cm³/mol. The van der Waals surface area contributed by atoms with E-state index in [1.807, 2.05) is 12.1 Å². The highest BCUT2D eigenvalue weighted by atomic mass is 16.5. The van der Waals surface area contributed by atoms with E-state index in [9.17, 15) is 9.90 Å². The van der Waals surface area contributed by atoms with E-state index in [4.69, 9.17) is 0 Å². The highest BCUT2D eigenvalue weighted by molar-refractivity contribution is 5.89. The Morgan fingerprint density at radius 2 is 2.11 bits per heavy atom. The maximum atomic E-state index is 11.4. The number of methoxy groups -OCH3 is 1. The average Bonchev–Trinajstić information content (AvgIpc) is 2.46. The number of aliphatic hydroxyl groups excluding tert-OH is 1. The Morgan fingerprint density at radius 3 is 2.68 bits per heavy atom. The van der Waals surface area contributed by atoms with Gasteiger partial charge in [0.25, 0.3) is 0 Å². The van der Waals surface area contributed by atoms with Crippen LogP contribution in [0.5, 0.6) is 0 Å². The summed E-state index contributed by atoms with van der Waals surface area (Å²) < 4.78 is 4.68. The molecule has 1 heterocycles. The second-order valence-electron chi connectivity index (χ2n) is 4.89. The predicted octanol–water partition coefficient (Wildman–Crippen LogP) is 0.632. The molecule has 1 aliphatic rings. The lowest BCUT2D eigenvalue weighted by molar-refractivity contribution is 0.0601. The van der Waals surface area contributed by atoms with E-state index < -0.39 is 0 Å². The third-order valence-corrected chi connectivity index (χ3v) is 3.33. The highest BCUT2D eigenvalue weighted by Gasteiger charge is 2.23. The smallest absolute Gasteiger partial charge is 0.337 e. The molecule has 1 saturated heterocycles. The maximum Gasteiger partial charge on any atom is 0.337 e. The molecule has 5 heteroatoms. The first kappa shape index (κ1) is 13.8. The molecule has 2 unspecified atom stereocenters. The number of nitrogens with one attached hydrogen (secondary N) is 1. The number of esters is 1. The molecule has 5 nitrogen and oxygen atoms in total. The molecule has 1 aromatic carbocycles. The molecule has 1 aromatic rings. The number of aliphatic hydroxyl groups is 1. The van der Waals surface area contributed by atoms with Gasteiger partial charge in [0.15, 0.2) is 0 Å². The fourth-order valence-electron chi connectivity index (χ4n) is 2.43. The van der Waals surface area contributed by atoms with Gasteiger partial charge >= 0.3 is 5.97 Å². The number of carbonyl (C=O) groups excluding carboxylic acids is 1. The molecule has 1 fully saturated rings. The number of carbonyl (C=O) groups is 1. The van der Waals surface area contributed by atoms with Crippen LogP contribution in [0.4, 0.5) is 5.69 Å². The van der Waals surface area contributed by atoms with Crippen molar-refractivity contribution < 1.29 is 14.6 Å². The molecule has 0 bridgehead atoms. The first-order valence-corrected chi connectivity index (χ1v) is 6.44. The lowest BCUT2D eigenvalue weighted by atomic mass is 10.1. The average molecular weight is 264 g/mol. The molecule has 19 heavy (non-hydrogen) atoms. The van der Waals surface area contributed by atoms with Crippen LogP contribution in [-0.4, -0.2) is 50.0 Å². The third kappa shape index (κ3) is 3.24. The minimum atomic E-state index is -0.325. The number of anilines is 1. The van der Waals surface area contributed by atoms with Crippen molar-refractivity contribution in [2.45, 2.75) is 19.0 Å². The van der Waals surface area contributed by atoms with Crippen LogP contribution in [0.3, 0.4) is 0 Å². The summed E-state index contributed by atoms with van der Waals surface area (Å²) in [5.41, 5.74) is 1.60. The number of ether oxygens (including phenoxy) is 1. The Kier molecular flexibility index (Phi) is 4.39. The van der Waals surface area contributed by atoms with Crippen LogP contribution in [0, 0.1) is 0 Å². The van der Waals surface area contributed by atoms with Gasteiger partial charge in [-0.1, -0.05) is 0 Å². The van der Waals surface area contributed by atoms with Gasteiger partial charge in [0.05, 0.1) is 19.3 Å². The third-order valence-electron chi connectivity index (χ3n) is 3.33. The Morgan fingerprint density at radius 1 is 1.42 bits per heavy atom. The number of piperazine rings is 1. The van der Waals surface area contributed by atoms with E-state index in [0.717, 1.165) is 18.8 Å². The zero-order valence-electron chi connectivity index (χ0n) is 11.3. The molecule has 2 rings (SSSR count). The first-order chi connectivity index (χ1) is 9.13. The van der Waals surface area contributed by atoms with E-state index in [2.05, 4.69) is 21.9 Å². The van der Waals surface area contributed by atoms with E-state index in [0.29, 0.717) is 11.6 Å². The standard InChI is InChI=1S/C14H20N2O3/c1-10-7-16(8-12(9-17)15-10)13-5-3-11(4-6-13)14(18)19-2/h3-6,10,12,15,17H,7-9H2,1-2H3. The van der Waals surface area contributed by atoms with Crippen molar-refractivity contribution in [3.8, 4) is 0 Å². The monoisotopic (exact) mass is 264 g/mol. The molecule has 104 valence electrons. The van der Waals surface area contributed by atoms with Crippen molar-refractivity contribution in [3.05, 3.63) is 29.8 Å². The number of benzene rings is 1. The van der Waals surface area contributed by atoms with Crippen molar-refractivity contribution in [2.24, 2.45) is 0 Å². The van der Waals surface area contributed by atoms with Gasteiger partial charge in [-0.05, 0) is 31.2 Å². The molecular formula is C14H20N2O3. The SMILES string of the molecule is COC(=O)c1ccc(N2CC(C)NC(CO)C2)cc1. The molecule has 0 saturated carbocycles. The van der Waals surface area contributed by atoms with Crippen molar-refractivity contribution >= 4 is 11.7 Å². The summed E-state index contributed by atoms with van der Waals surface area (Å²) in [6.45, 7) is 3.87. The summed E-state index contributed by atoms with van der Waals surface area (Å²) in [6.07, 6.45) is 0. The molecule has 0 radical (unpaired) electrons. The Hall–Kier alpha value is -1.59. The first-order valence-electron chi connectivity index (χ1n) is 6.44. The van der Waals surface area contributed by atoms with Gasteiger partial charge < -0.3 is 20.1 Å². The molecule has 0 aliphatic carbocycles. The molecule has 0 amide bonds. The largest absolute Gasteiger partial charge is 0.465 e. The molecule has 0 aromatic heterocycles. The number of rotatable bonds is 3. The molecule has 2 N–H and O–H groups in total. The Labute approximate surface area is 113 Å². The van der Waals surface area contributed by atoms with E-state index in [1.165, 1.54) is 7.11 Å². The summed E-state index contributed by atoms with van der Waals surface area (Å²) in [5.74, 6) is -0.325. The minimum Gasteiger partial charge on any atom is -0.465 e. The molecule has 1 aliphatic heterocycles. The van der Waals surface area contributed by atoms with Gasteiger partial charge in [0.2, 0.25) is 0 Å². The van der Waals surface area contributed by atoms with Gasteiger partial charge in [-0.15, -0.1) is 0 Å². The molecule has 0 spiro atoms. The minimum absolute atomic E-state index is 0.0871. The van der Waals surface area contributed by atoms with Gasteiger partial charge in [0.1, 0.15) is 0 Å². The van der Waals surface area contributed by atoms with Crippen molar-refractivity contribution in [3.63, 3.8) is 0 Å². The fourth-order valence-corrected chi connectivity index (χ4v) is 2.43. The van der Waals surface area contributed by atoms with Gasteiger partial charge in [-0.25, -0.2) is 4.79 Å². The van der Waals surface area contributed by atoms with Crippen LogP contribution >= 0.6 is 0 Å². The lowest BCUT2D eigenvalue weighted by Crippen LogP contribution is -2.56. The van der Waals surface area contributed by atoms with E-state index in [1.54, 1.807) is 12.1 Å². The van der Waals surface area contributed by atoms with Crippen molar-refractivity contribution in [1.29, 1.82) is 0 Å². The van der Waals surface area contributed by atoms with Crippen LogP contribution < -0.4 is 10.2 Å². The van der Waals surface area contributed by atoms with E-state index in [-0.39, 0.29) is 18.6 Å². The second kappa shape index (κ2) is 6.04. The number of hydrogen-bond donors (Lipinski definition) is 2. The Balaban J connectivity index is 2.11. The van der Waals surface area contributed by atoms with Gasteiger partial charge in [0, 0.05) is 30.9 Å². The molecular weight excluding hydrogens is 244 g/mol. The van der Waals surface area contributed by atoms with Crippen molar-refractivity contribution in [1.82, 2.24) is 5.32 Å². The highest BCUT2D eigenvalue weighted by Crippen LogP contribution is 2.18. The van der Waals surface area contributed by atoms with E-state index >= 15 is 0 Å². The lowest BCUT2D eigenvalue weighted by Gasteiger charge is -2.38. The van der Waals surface area contributed by atoms with Crippen LogP contribution in [-0.2, 0) is 4.74 Å². The zero-order chi connectivity index (χ0) is 13.8. The fraction of sp³-hybridized carbons (Fsp3) is 0.500. The van der Waals surface area contributed by atoms with Crippen LogP contribution in [0.25, 0.3) is 0 Å². The van der Waals surface area contributed by atoms with Crippen LogP contribution in [0.2, 0.25) is 0 Å². The van der Waals surface area contributed by atoms with Crippen LogP contribution in [0.1, 0.15) is 17.3 Å². The number of nitrogens with zero attached hydrogens (tertiary/aromatic N) is 1. The van der Waals surface area contributed by atoms with Gasteiger partial charge in [-0.2, -0.15) is 0 Å². The summed E-state index contributed by atoms with van der Waals surface area (Å²) in [6, 6.07) is 7.77. The summed E-state index contributed by atoms with van der Waals surface area (Å²) in [5, 5.41) is 12.6. The summed E-state index contributed by atoms with van der Waals surface area (Å²) in [4.78, 5) is 13.6. The van der Waals surface area contributed by atoms with Crippen LogP contribution in [0.15, 0.2) is 24.3 Å². The maximum absolute atomic E-state index is 11.4. The zero-order valence-corrected chi connectivity index (χ0v) is 11.3. The normalized spacial score (nSPS) is 23.2. The second-order valence-corrected chi connectivity index (χ2v) is 4.89. The van der Waals surface area contributed by atoms with Gasteiger partial charge in [-0.3, -0.25) is 0 Å². The quantitative estimate of drug-likeness (QED) is 0.784. The number of hydrogen-bond acceptors (Lipinski definition) is 5. The topological polar surface area (TPSA) is 61.8 Å². The molecule has 2 atom stereocenters.